The molecule has 0 atom stereocenters. The number of anilines is 2. The summed E-state index contributed by atoms with van der Waals surface area (Å²) >= 11 is 0. The summed E-state index contributed by atoms with van der Waals surface area (Å²) in [5.74, 6) is -0.101. The minimum atomic E-state index is -0.390. The van der Waals surface area contributed by atoms with E-state index in [0.29, 0.717) is 23.7 Å². The van der Waals surface area contributed by atoms with Gasteiger partial charge in [0, 0.05) is 12.2 Å². The molecule has 1 amide bonds. The van der Waals surface area contributed by atoms with Crippen molar-refractivity contribution in [3.63, 3.8) is 0 Å². The second-order valence-corrected chi connectivity index (χ2v) is 6.84. The van der Waals surface area contributed by atoms with Crippen molar-refractivity contribution < 1.29 is 14.3 Å². The van der Waals surface area contributed by atoms with E-state index in [-0.39, 0.29) is 17.6 Å². The lowest BCUT2D eigenvalue weighted by Gasteiger charge is -2.13. The highest BCUT2D eigenvalue weighted by atomic mass is 16.5. The van der Waals surface area contributed by atoms with Crippen molar-refractivity contribution in [2.45, 2.75) is 39.0 Å². The van der Waals surface area contributed by atoms with Gasteiger partial charge in [0.25, 0.3) is 5.91 Å². The highest BCUT2D eigenvalue weighted by Crippen LogP contribution is 2.20. The molecule has 152 valence electrons. The number of esters is 1. The van der Waals surface area contributed by atoms with E-state index in [1.54, 1.807) is 43.3 Å². The molecule has 2 N–H and O–H groups in total. The van der Waals surface area contributed by atoms with E-state index in [2.05, 4.69) is 26.9 Å². The lowest BCUT2D eigenvalue weighted by atomic mass is 9.97. The van der Waals surface area contributed by atoms with Gasteiger partial charge >= 0.3 is 5.97 Å². The minimum absolute atomic E-state index is 0.222. The molecule has 0 saturated carbocycles. The summed E-state index contributed by atoms with van der Waals surface area (Å²) in [7, 11) is 0. The summed E-state index contributed by atoms with van der Waals surface area (Å²) in [6.45, 7) is 2.88. The number of nitrogens with zero attached hydrogens (tertiary/aromatic N) is 2. The van der Waals surface area contributed by atoms with Crippen molar-refractivity contribution in [1.29, 1.82) is 0 Å². The number of hydrogen-bond acceptors (Lipinski definition) is 6. The van der Waals surface area contributed by atoms with Gasteiger partial charge in [-0.2, -0.15) is 0 Å². The number of rotatable bonds is 8. The van der Waals surface area contributed by atoms with E-state index < -0.39 is 0 Å². The molecule has 7 heteroatoms. The van der Waals surface area contributed by atoms with E-state index in [1.807, 2.05) is 0 Å². The molecule has 1 aromatic carbocycles. The van der Waals surface area contributed by atoms with Gasteiger partial charge in [0.1, 0.15) is 5.82 Å². The molecule has 0 spiro atoms. The molecule has 0 saturated heterocycles. The number of allylic oxidation sites excluding steroid dienone is 1. The molecule has 0 unspecified atom stereocenters. The topological polar surface area (TPSA) is 93.2 Å². The maximum Gasteiger partial charge on any atom is 0.338 e. The molecule has 7 nitrogen and oxygen atoms in total. The molecule has 0 fully saturated rings. The molecule has 1 aromatic heterocycles. The second kappa shape index (κ2) is 10.4. The van der Waals surface area contributed by atoms with E-state index in [4.69, 9.17) is 4.74 Å². The van der Waals surface area contributed by atoms with Gasteiger partial charge in [-0.15, -0.1) is 10.2 Å². The van der Waals surface area contributed by atoms with Gasteiger partial charge in [-0.1, -0.05) is 11.6 Å². The molecule has 0 bridgehead atoms. The third-order valence-electron chi connectivity index (χ3n) is 4.69. The number of benzene rings is 1. The van der Waals surface area contributed by atoms with Gasteiger partial charge in [0.2, 0.25) is 0 Å². The normalized spacial score (nSPS) is 13.3. The van der Waals surface area contributed by atoms with Crippen LogP contribution in [0.25, 0.3) is 0 Å². The Kier molecular flexibility index (Phi) is 7.33. The van der Waals surface area contributed by atoms with E-state index in [9.17, 15) is 9.59 Å². The van der Waals surface area contributed by atoms with Crippen molar-refractivity contribution in [3.8, 4) is 0 Å². The van der Waals surface area contributed by atoms with Crippen molar-refractivity contribution in [2.75, 3.05) is 23.8 Å². The minimum Gasteiger partial charge on any atom is -0.462 e. The summed E-state index contributed by atoms with van der Waals surface area (Å²) in [6.07, 6.45) is 8.29. The Morgan fingerprint density at radius 1 is 1.07 bits per heavy atom. The standard InChI is InChI=1S/C22H26N4O3/c1-2-29-22(28)17-8-10-18(11-9-17)24-21(27)19-12-13-20(26-25-19)23-15-14-16-6-4-3-5-7-16/h6,8-13H,2-5,7,14-15H2,1H3,(H,23,26)(H,24,27). The Hall–Kier alpha value is -3.22. The SMILES string of the molecule is CCOC(=O)c1ccc(NC(=O)c2ccc(NCCC3=CCCCC3)nn2)cc1. The predicted octanol–water partition coefficient (Wildman–Crippen LogP) is 4.21. The molecular weight excluding hydrogens is 368 g/mol. The summed E-state index contributed by atoms with van der Waals surface area (Å²) in [5, 5.41) is 14.1. The van der Waals surface area contributed by atoms with E-state index in [1.165, 1.54) is 31.3 Å². The van der Waals surface area contributed by atoms with E-state index >= 15 is 0 Å². The maximum atomic E-state index is 12.3. The highest BCUT2D eigenvalue weighted by molar-refractivity contribution is 6.03. The number of carbonyl (C=O) groups excluding carboxylic acids is 2. The van der Waals surface area contributed by atoms with Gasteiger partial charge in [-0.05, 0) is 75.4 Å². The third-order valence-corrected chi connectivity index (χ3v) is 4.69. The van der Waals surface area contributed by atoms with Crippen LogP contribution in [0.1, 0.15) is 59.9 Å². The molecule has 2 aromatic rings. The van der Waals surface area contributed by atoms with Crippen molar-refractivity contribution in [2.24, 2.45) is 0 Å². The molecule has 1 heterocycles. The highest BCUT2D eigenvalue weighted by Gasteiger charge is 2.11. The Bertz CT molecular complexity index is 861. The van der Waals surface area contributed by atoms with Crippen LogP contribution < -0.4 is 10.6 Å². The lowest BCUT2D eigenvalue weighted by Crippen LogP contribution is -2.15. The van der Waals surface area contributed by atoms with Crippen LogP contribution in [0.15, 0.2) is 48.0 Å². The molecule has 1 aliphatic carbocycles. The quantitative estimate of drug-likeness (QED) is 0.515. The summed E-state index contributed by atoms with van der Waals surface area (Å²) in [4.78, 5) is 24.0. The van der Waals surface area contributed by atoms with E-state index in [0.717, 1.165) is 13.0 Å². The van der Waals surface area contributed by atoms with Crippen LogP contribution >= 0.6 is 0 Å². The van der Waals surface area contributed by atoms with Crippen molar-refractivity contribution in [3.05, 3.63) is 59.3 Å². The van der Waals surface area contributed by atoms with Crippen LogP contribution in [0, 0.1) is 0 Å². The summed E-state index contributed by atoms with van der Waals surface area (Å²) in [5.41, 5.74) is 2.72. The molecule has 29 heavy (non-hydrogen) atoms. The van der Waals surface area contributed by atoms with Gasteiger partial charge in [0.15, 0.2) is 5.69 Å². The molecule has 1 aliphatic rings. The maximum absolute atomic E-state index is 12.3. The largest absolute Gasteiger partial charge is 0.462 e. The first-order valence-corrected chi connectivity index (χ1v) is 10.00. The van der Waals surface area contributed by atoms with Gasteiger partial charge in [-0.3, -0.25) is 4.79 Å². The lowest BCUT2D eigenvalue weighted by molar-refractivity contribution is 0.0526. The number of carbonyl (C=O) groups is 2. The number of aromatic nitrogens is 2. The Morgan fingerprint density at radius 3 is 2.55 bits per heavy atom. The van der Waals surface area contributed by atoms with Crippen molar-refractivity contribution >= 4 is 23.4 Å². The number of nitrogens with one attached hydrogen (secondary N) is 2. The average Bonchev–Trinajstić information content (AvgIpc) is 2.75. The Balaban J connectivity index is 1.49. The second-order valence-electron chi connectivity index (χ2n) is 6.84. The first kappa shape index (κ1) is 20.5. The first-order chi connectivity index (χ1) is 14.2. The number of hydrogen-bond donors (Lipinski definition) is 2. The number of amides is 1. The third kappa shape index (κ3) is 6.14. The zero-order valence-corrected chi connectivity index (χ0v) is 16.6. The monoisotopic (exact) mass is 394 g/mol. The fourth-order valence-electron chi connectivity index (χ4n) is 3.13. The zero-order chi connectivity index (χ0) is 20.5. The van der Waals surface area contributed by atoms with Gasteiger partial charge < -0.3 is 15.4 Å². The van der Waals surface area contributed by atoms with Gasteiger partial charge in [-0.25, -0.2) is 4.79 Å². The van der Waals surface area contributed by atoms with Crippen LogP contribution in [0.4, 0.5) is 11.5 Å². The van der Waals surface area contributed by atoms with Crippen LogP contribution in [-0.2, 0) is 4.74 Å². The van der Waals surface area contributed by atoms with Crippen LogP contribution in [-0.4, -0.2) is 35.2 Å². The summed E-state index contributed by atoms with van der Waals surface area (Å²) < 4.78 is 4.94. The predicted molar refractivity (Wildman–Crippen MR) is 112 cm³/mol. The fraction of sp³-hybridized carbons (Fsp3) is 0.364. The molecule has 0 radical (unpaired) electrons. The molecule has 3 rings (SSSR count). The Labute approximate surface area is 170 Å². The van der Waals surface area contributed by atoms with Crippen LogP contribution in [0.2, 0.25) is 0 Å². The van der Waals surface area contributed by atoms with Crippen LogP contribution in [0.3, 0.4) is 0 Å². The zero-order valence-electron chi connectivity index (χ0n) is 16.6. The summed E-state index contributed by atoms with van der Waals surface area (Å²) in [6, 6.07) is 9.89. The first-order valence-electron chi connectivity index (χ1n) is 10.00. The average molecular weight is 394 g/mol. The van der Waals surface area contributed by atoms with Crippen molar-refractivity contribution in [1.82, 2.24) is 10.2 Å². The Morgan fingerprint density at radius 2 is 1.90 bits per heavy atom. The van der Waals surface area contributed by atoms with Gasteiger partial charge in [0.05, 0.1) is 12.2 Å². The van der Waals surface area contributed by atoms with Crippen LogP contribution in [0.5, 0.6) is 0 Å². The molecule has 0 aliphatic heterocycles. The number of ether oxygens (including phenoxy) is 1. The molecular formula is C22H26N4O3. The smallest absolute Gasteiger partial charge is 0.338 e. The fourth-order valence-corrected chi connectivity index (χ4v) is 3.13.